The topological polar surface area (TPSA) is 150 Å². The predicted octanol–water partition coefficient (Wildman–Crippen LogP) is 1.92. The number of hydrogen-bond acceptors (Lipinski definition) is 11. The van der Waals surface area contributed by atoms with E-state index in [9.17, 15) is 24.5 Å². The van der Waals surface area contributed by atoms with Crippen molar-refractivity contribution in [2.45, 2.75) is 63.6 Å². The van der Waals surface area contributed by atoms with E-state index in [2.05, 4.69) is 4.84 Å². The number of rotatable bonds is 11. The number of fused-ring (bicyclic) bond motifs is 1. The average molecular weight is 481 g/mol. The smallest absolute Gasteiger partial charge is 0.339 e. The molecule has 2 aliphatic heterocycles. The molecule has 186 valence electrons. The van der Waals surface area contributed by atoms with Gasteiger partial charge in [-0.1, -0.05) is 31.5 Å². The molecule has 0 amide bonds. The first-order valence-electron chi connectivity index (χ1n) is 11.0. The van der Waals surface area contributed by atoms with Crippen LogP contribution in [0.25, 0.3) is 0 Å². The van der Waals surface area contributed by atoms with Gasteiger partial charge in [-0.05, 0) is 18.9 Å². The monoisotopic (exact) mass is 481 g/mol. The highest BCUT2D eigenvalue weighted by atomic mass is 17.0. The molecule has 0 aliphatic carbocycles. The maximum Gasteiger partial charge on any atom is 0.339 e. The van der Waals surface area contributed by atoms with Gasteiger partial charge < -0.3 is 28.5 Å². The fourth-order valence-electron chi connectivity index (χ4n) is 3.97. The quantitative estimate of drug-likeness (QED) is 0.197. The first kappa shape index (κ1) is 25.4. The van der Waals surface area contributed by atoms with Crippen LogP contribution >= 0.6 is 0 Å². The summed E-state index contributed by atoms with van der Waals surface area (Å²) in [4.78, 5) is 50.6. The van der Waals surface area contributed by atoms with Crippen LogP contribution in [0.3, 0.4) is 0 Å². The van der Waals surface area contributed by atoms with Crippen molar-refractivity contribution in [2.24, 2.45) is 0 Å². The lowest BCUT2D eigenvalue weighted by atomic mass is 9.98. The highest BCUT2D eigenvalue weighted by Gasteiger charge is 2.51. The summed E-state index contributed by atoms with van der Waals surface area (Å²) in [6.45, 7) is 2.49. The van der Waals surface area contributed by atoms with Crippen molar-refractivity contribution in [3.63, 3.8) is 0 Å². The minimum atomic E-state index is -1.09. The molecule has 5 atom stereocenters. The number of benzene rings is 1. The Labute approximate surface area is 195 Å². The summed E-state index contributed by atoms with van der Waals surface area (Å²) in [5.74, 6) is -2.01. The second-order valence-electron chi connectivity index (χ2n) is 7.89. The molecule has 0 N–H and O–H groups in total. The number of unbranched alkanes of at least 4 members (excludes halogenated alkanes) is 1. The van der Waals surface area contributed by atoms with E-state index < -0.39 is 60.1 Å². The Bertz CT molecular complexity index is 905. The standard InChI is InChI=1S/C22H27NO11/c1-3-4-9-16(32-13(2)24)14-7-5-6-8-15(14)22(26)34-18-11-30-20-17(10-29-21(18)20)33-19(25)12-31-23(27)28/h5-8,16-18,20-21H,3-4,9-12H2,1-2H3/t16?,17-,18?,20-,21-/m1/s1. The average Bonchev–Trinajstić information content (AvgIpc) is 3.38. The molecule has 2 heterocycles. The van der Waals surface area contributed by atoms with Gasteiger partial charge in [0, 0.05) is 12.5 Å². The van der Waals surface area contributed by atoms with E-state index in [1.165, 1.54) is 6.92 Å². The summed E-state index contributed by atoms with van der Waals surface area (Å²) in [7, 11) is 0. The van der Waals surface area contributed by atoms with Gasteiger partial charge in [0.1, 0.15) is 18.3 Å². The van der Waals surface area contributed by atoms with Crippen molar-refractivity contribution >= 4 is 17.9 Å². The first-order chi connectivity index (χ1) is 16.3. The fourth-order valence-corrected chi connectivity index (χ4v) is 3.97. The Kier molecular flexibility index (Phi) is 8.77. The Morgan fingerprint density at radius 1 is 1.12 bits per heavy atom. The second-order valence-corrected chi connectivity index (χ2v) is 7.89. The molecule has 12 nitrogen and oxygen atoms in total. The van der Waals surface area contributed by atoms with E-state index in [-0.39, 0.29) is 18.8 Å². The number of carbonyl (C=O) groups is 3. The Hall–Kier alpha value is -3.25. The largest absolute Gasteiger partial charge is 0.458 e. The molecule has 0 saturated carbocycles. The van der Waals surface area contributed by atoms with Crippen molar-refractivity contribution < 1.29 is 48.0 Å². The normalized spacial score (nSPS) is 24.1. The van der Waals surface area contributed by atoms with Gasteiger partial charge in [-0.2, -0.15) is 0 Å². The molecule has 2 saturated heterocycles. The van der Waals surface area contributed by atoms with E-state index in [4.69, 9.17) is 23.7 Å². The molecule has 1 aromatic rings. The molecule has 2 unspecified atom stereocenters. The third-order valence-corrected chi connectivity index (χ3v) is 5.45. The van der Waals surface area contributed by atoms with E-state index in [1.54, 1.807) is 24.3 Å². The van der Waals surface area contributed by atoms with E-state index in [0.717, 1.165) is 12.8 Å². The van der Waals surface area contributed by atoms with Gasteiger partial charge in [0.2, 0.25) is 0 Å². The zero-order valence-corrected chi connectivity index (χ0v) is 18.9. The minimum absolute atomic E-state index is 0.0181. The van der Waals surface area contributed by atoms with Crippen molar-refractivity contribution in [1.29, 1.82) is 0 Å². The predicted molar refractivity (Wildman–Crippen MR) is 112 cm³/mol. The zero-order valence-electron chi connectivity index (χ0n) is 18.9. The van der Waals surface area contributed by atoms with Gasteiger partial charge in [-0.3, -0.25) is 4.79 Å². The van der Waals surface area contributed by atoms with Gasteiger partial charge >= 0.3 is 17.9 Å². The lowest BCUT2D eigenvalue weighted by molar-refractivity contribution is -0.754. The molecular weight excluding hydrogens is 454 g/mol. The molecule has 34 heavy (non-hydrogen) atoms. The van der Waals surface area contributed by atoms with Crippen LogP contribution in [0.2, 0.25) is 0 Å². The highest BCUT2D eigenvalue weighted by molar-refractivity contribution is 5.91. The van der Waals surface area contributed by atoms with Crippen molar-refractivity contribution in [2.75, 3.05) is 19.8 Å². The Balaban J connectivity index is 1.64. The molecule has 0 aromatic heterocycles. The molecular formula is C22H27NO11. The summed E-state index contributed by atoms with van der Waals surface area (Å²) in [6.07, 6.45) is -1.25. The van der Waals surface area contributed by atoms with Crippen molar-refractivity contribution in [1.82, 2.24) is 0 Å². The molecule has 1 aromatic carbocycles. The van der Waals surface area contributed by atoms with Crippen LogP contribution in [-0.2, 0) is 38.1 Å². The molecule has 0 radical (unpaired) electrons. The van der Waals surface area contributed by atoms with Gasteiger partial charge in [0.05, 0.1) is 18.8 Å². The lowest BCUT2D eigenvalue weighted by Crippen LogP contribution is -2.36. The van der Waals surface area contributed by atoms with Crippen LogP contribution in [0.5, 0.6) is 0 Å². The molecule has 0 bridgehead atoms. The number of esters is 3. The second kappa shape index (κ2) is 11.7. The van der Waals surface area contributed by atoms with Crippen LogP contribution < -0.4 is 0 Å². The first-order valence-corrected chi connectivity index (χ1v) is 11.0. The summed E-state index contributed by atoms with van der Waals surface area (Å²) in [5.41, 5.74) is 0.822. The third kappa shape index (κ3) is 6.41. The van der Waals surface area contributed by atoms with Crippen molar-refractivity contribution in [3.05, 3.63) is 45.5 Å². The van der Waals surface area contributed by atoms with Gasteiger partial charge in [-0.25, -0.2) is 9.59 Å². The number of nitrogens with zero attached hydrogens (tertiary/aromatic N) is 1. The number of hydrogen-bond donors (Lipinski definition) is 0. The van der Waals surface area contributed by atoms with Gasteiger partial charge in [-0.15, -0.1) is 10.1 Å². The number of ether oxygens (including phenoxy) is 5. The Morgan fingerprint density at radius 2 is 1.76 bits per heavy atom. The molecule has 0 spiro atoms. The van der Waals surface area contributed by atoms with E-state index in [0.29, 0.717) is 12.0 Å². The summed E-state index contributed by atoms with van der Waals surface area (Å²) in [5, 5.41) is 9.12. The summed E-state index contributed by atoms with van der Waals surface area (Å²) < 4.78 is 27.5. The maximum atomic E-state index is 13.0. The molecule has 2 fully saturated rings. The maximum absolute atomic E-state index is 13.0. The van der Waals surface area contributed by atoms with Crippen LogP contribution in [-0.4, -0.2) is 67.2 Å². The fraction of sp³-hybridized carbons (Fsp3) is 0.591. The van der Waals surface area contributed by atoms with E-state index in [1.807, 2.05) is 6.92 Å². The van der Waals surface area contributed by atoms with Crippen LogP contribution in [0.1, 0.15) is 55.1 Å². The summed E-state index contributed by atoms with van der Waals surface area (Å²) >= 11 is 0. The van der Waals surface area contributed by atoms with Crippen molar-refractivity contribution in [3.8, 4) is 0 Å². The molecule has 3 rings (SSSR count). The highest BCUT2D eigenvalue weighted by Crippen LogP contribution is 2.32. The molecule has 12 heteroatoms. The molecule has 2 aliphatic rings. The van der Waals surface area contributed by atoms with Crippen LogP contribution in [0.4, 0.5) is 0 Å². The van der Waals surface area contributed by atoms with Crippen LogP contribution in [0.15, 0.2) is 24.3 Å². The zero-order chi connectivity index (χ0) is 24.7. The van der Waals surface area contributed by atoms with Gasteiger partial charge in [0.25, 0.3) is 5.09 Å². The van der Waals surface area contributed by atoms with Crippen LogP contribution in [0, 0.1) is 10.1 Å². The lowest BCUT2D eigenvalue weighted by Gasteiger charge is -2.21. The SMILES string of the molecule is CCCCC(OC(C)=O)c1ccccc1C(=O)OC1CO[C@H]2[C@@H]1OC[C@H]2OC(=O)CO[N+](=O)[O-]. The number of carbonyl (C=O) groups excluding carboxylic acids is 3. The van der Waals surface area contributed by atoms with Gasteiger partial charge in [0.15, 0.2) is 18.8 Å². The summed E-state index contributed by atoms with van der Waals surface area (Å²) in [6, 6.07) is 6.77. The minimum Gasteiger partial charge on any atom is -0.458 e. The Morgan fingerprint density at radius 3 is 2.38 bits per heavy atom. The van der Waals surface area contributed by atoms with E-state index >= 15 is 0 Å². The third-order valence-electron chi connectivity index (χ3n) is 5.45.